The molecule has 0 saturated carbocycles. The summed E-state index contributed by atoms with van der Waals surface area (Å²) in [5.74, 6) is -0.0337. The first-order valence-corrected chi connectivity index (χ1v) is 7.21. The fourth-order valence-corrected chi connectivity index (χ4v) is 2.52. The van der Waals surface area contributed by atoms with Gasteiger partial charge in [-0.1, -0.05) is 30.3 Å². The fourth-order valence-electron chi connectivity index (χ4n) is 2.52. The molecule has 0 spiro atoms. The molecule has 7 nitrogen and oxygen atoms in total. The monoisotopic (exact) mass is 312 g/mol. The van der Waals surface area contributed by atoms with Crippen molar-refractivity contribution >= 4 is 11.7 Å². The van der Waals surface area contributed by atoms with Crippen LogP contribution in [0.1, 0.15) is 17.7 Å². The van der Waals surface area contributed by atoms with Gasteiger partial charge in [0.25, 0.3) is 5.56 Å². The Balaban J connectivity index is 2.19. The van der Waals surface area contributed by atoms with Gasteiger partial charge >= 0.3 is 5.97 Å². The van der Waals surface area contributed by atoms with Gasteiger partial charge in [0.2, 0.25) is 5.78 Å². The molecule has 0 aliphatic rings. The number of fused-ring (bicyclic) bond motifs is 1. The number of hydrogen-bond donors (Lipinski definition) is 1. The van der Waals surface area contributed by atoms with E-state index in [2.05, 4.69) is 10.1 Å². The second-order valence-corrected chi connectivity index (χ2v) is 5.34. The van der Waals surface area contributed by atoms with Crippen LogP contribution < -0.4 is 5.56 Å². The third-order valence-electron chi connectivity index (χ3n) is 3.90. The maximum Gasteiger partial charge on any atom is 0.303 e. The minimum atomic E-state index is -0.935. The second kappa shape index (κ2) is 5.68. The maximum atomic E-state index is 12.6. The third kappa shape index (κ3) is 2.61. The maximum absolute atomic E-state index is 12.6. The predicted molar refractivity (Wildman–Crippen MR) is 84.4 cm³/mol. The van der Waals surface area contributed by atoms with Gasteiger partial charge in [0.05, 0.1) is 0 Å². The molecule has 118 valence electrons. The zero-order chi connectivity index (χ0) is 16.6. The van der Waals surface area contributed by atoms with Crippen LogP contribution in [0.5, 0.6) is 0 Å². The van der Waals surface area contributed by atoms with Crippen LogP contribution in [-0.4, -0.2) is 30.2 Å². The molecule has 7 heteroatoms. The number of aliphatic carboxylic acids is 1. The standard InChI is InChI=1S/C16H16N4O3/c1-10-12(8-9-13(21)22)15(23)20-16(19(10)2)17-14(18-20)11-6-4-3-5-7-11/h3-7H,8-9H2,1-2H3,(H,21,22). The molecule has 3 aromatic rings. The average molecular weight is 312 g/mol. The highest BCUT2D eigenvalue weighted by Crippen LogP contribution is 2.16. The highest BCUT2D eigenvalue weighted by Gasteiger charge is 2.17. The van der Waals surface area contributed by atoms with E-state index in [1.165, 1.54) is 4.52 Å². The Labute approximate surface area is 131 Å². The van der Waals surface area contributed by atoms with Crippen molar-refractivity contribution in [1.29, 1.82) is 0 Å². The van der Waals surface area contributed by atoms with E-state index in [1.54, 1.807) is 18.5 Å². The summed E-state index contributed by atoms with van der Waals surface area (Å²) in [6.07, 6.45) is 0.0755. The Morgan fingerprint density at radius 1 is 1.26 bits per heavy atom. The zero-order valence-corrected chi connectivity index (χ0v) is 12.9. The summed E-state index contributed by atoms with van der Waals surface area (Å²) in [4.78, 5) is 27.8. The largest absolute Gasteiger partial charge is 0.481 e. The molecule has 23 heavy (non-hydrogen) atoms. The Morgan fingerprint density at radius 3 is 2.61 bits per heavy atom. The van der Waals surface area contributed by atoms with Gasteiger partial charge in [0, 0.05) is 30.3 Å². The van der Waals surface area contributed by atoms with Crippen molar-refractivity contribution in [3.63, 3.8) is 0 Å². The van der Waals surface area contributed by atoms with E-state index in [0.717, 1.165) is 5.56 Å². The van der Waals surface area contributed by atoms with Gasteiger partial charge in [-0.15, -0.1) is 5.10 Å². The molecule has 0 fully saturated rings. The summed E-state index contributed by atoms with van der Waals surface area (Å²) in [5.41, 5.74) is 1.66. The van der Waals surface area contributed by atoms with Crippen LogP contribution in [-0.2, 0) is 18.3 Å². The number of carboxylic acids is 1. The third-order valence-corrected chi connectivity index (χ3v) is 3.90. The van der Waals surface area contributed by atoms with Crippen molar-refractivity contribution < 1.29 is 9.90 Å². The molecule has 0 radical (unpaired) electrons. The molecule has 0 aliphatic heterocycles. The van der Waals surface area contributed by atoms with Crippen LogP contribution in [0.15, 0.2) is 35.1 Å². The Morgan fingerprint density at radius 2 is 1.96 bits per heavy atom. The molecule has 1 N–H and O–H groups in total. The molecule has 2 aromatic heterocycles. The molecule has 0 atom stereocenters. The van der Waals surface area contributed by atoms with Crippen molar-refractivity contribution in [1.82, 2.24) is 19.2 Å². The number of rotatable bonds is 4. The molecule has 0 unspecified atom stereocenters. The fraction of sp³-hybridized carbons (Fsp3) is 0.250. The summed E-state index contributed by atoms with van der Waals surface area (Å²) in [6.45, 7) is 1.79. The van der Waals surface area contributed by atoms with Crippen LogP contribution in [0, 0.1) is 6.92 Å². The minimum absolute atomic E-state index is 0.0954. The second-order valence-electron chi connectivity index (χ2n) is 5.34. The van der Waals surface area contributed by atoms with Crippen LogP contribution in [0.4, 0.5) is 0 Å². The van der Waals surface area contributed by atoms with E-state index < -0.39 is 5.97 Å². The minimum Gasteiger partial charge on any atom is -0.481 e. The Bertz CT molecular complexity index is 941. The lowest BCUT2D eigenvalue weighted by Gasteiger charge is -2.10. The Kier molecular flexibility index (Phi) is 3.69. The lowest BCUT2D eigenvalue weighted by Crippen LogP contribution is -2.25. The summed E-state index contributed by atoms with van der Waals surface area (Å²) < 4.78 is 3.00. The number of nitrogens with zero attached hydrogens (tertiary/aromatic N) is 4. The van der Waals surface area contributed by atoms with Crippen molar-refractivity contribution in [2.24, 2.45) is 7.05 Å². The van der Waals surface area contributed by atoms with Crippen LogP contribution in [0.25, 0.3) is 17.2 Å². The number of aryl methyl sites for hydroxylation is 1. The summed E-state index contributed by atoms with van der Waals surface area (Å²) in [6, 6.07) is 9.40. The van der Waals surface area contributed by atoms with Gasteiger partial charge in [-0.2, -0.15) is 9.50 Å². The van der Waals surface area contributed by atoms with E-state index in [1.807, 2.05) is 30.3 Å². The average Bonchev–Trinajstić information content (AvgIpc) is 2.99. The lowest BCUT2D eigenvalue weighted by molar-refractivity contribution is -0.136. The molecule has 2 heterocycles. The van der Waals surface area contributed by atoms with Crippen molar-refractivity contribution in [3.05, 3.63) is 51.9 Å². The number of carbonyl (C=O) groups is 1. The van der Waals surface area contributed by atoms with E-state index in [-0.39, 0.29) is 18.4 Å². The van der Waals surface area contributed by atoms with E-state index in [4.69, 9.17) is 5.11 Å². The van der Waals surface area contributed by atoms with Gasteiger partial charge in [0.15, 0.2) is 5.82 Å². The van der Waals surface area contributed by atoms with Gasteiger partial charge < -0.3 is 9.67 Å². The quantitative estimate of drug-likeness (QED) is 0.787. The molecule has 1 aromatic carbocycles. The van der Waals surface area contributed by atoms with Gasteiger partial charge in [0.1, 0.15) is 0 Å². The summed E-state index contributed by atoms with van der Waals surface area (Å²) >= 11 is 0. The van der Waals surface area contributed by atoms with E-state index in [0.29, 0.717) is 22.9 Å². The first-order valence-electron chi connectivity index (χ1n) is 7.21. The van der Waals surface area contributed by atoms with Gasteiger partial charge in [-0.05, 0) is 13.3 Å². The molecule has 0 aliphatic carbocycles. The number of benzene rings is 1. The number of carboxylic acid groups (broad SMARTS) is 1. The number of hydrogen-bond acceptors (Lipinski definition) is 4. The number of aromatic nitrogens is 4. The smallest absolute Gasteiger partial charge is 0.303 e. The molecule has 0 saturated heterocycles. The normalized spacial score (nSPS) is 11.0. The molecule has 3 rings (SSSR count). The first-order chi connectivity index (χ1) is 11.0. The SMILES string of the molecule is Cc1c(CCC(=O)O)c(=O)n2nc(-c3ccccc3)nc2n1C. The molecule has 0 amide bonds. The van der Waals surface area contributed by atoms with Crippen molar-refractivity contribution in [3.8, 4) is 11.4 Å². The molecular formula is C16H16N4O3. The zero-order valence-electron chi connectivity index (χ0n) is 12.9. The lowest BCUT2D eigenvalue weighted by atomic mass is 10.1. The molecular weight excluding hydrogens is 296 g/mol. The topological polar surface area (TPSA) is 89.5 Å². The van der Waals surface area contributed by atoms with E-state index in [9.17, 15) is 9.59 Å². The Hall–Kier alpha value is -2.96. The van der Waals surface area contributed by atoms with Crippen LogP contribution in [0.3, 0.4) is 0 Å². The molecule has 0 bridgehead atoms. The summed E-state index contributed by atoms with van der Waals surface area (Å²) in [5, 5.41) is 13.1. The summed E-state index contributed by atoms with van der Waals surface area (Å²) in [7, 11) is 1.79. The predicted octanol–water partition coefficient (Wildman–Crippen LogP) is 1.42. The van der Waals surface area contributed by atoms with Crippen molar-refractivity contribution in [2.45, 2.75) is 19.8 Å². The highest BCUT2D eigenvalue weighted by atomic mass is 16.4. The highest BCUT2D eigenvalue weighted by molar-refractivity contribution is 5.67. The van der Waals surface area contributed by atoms with Crippen LogP contribution in [0.2, 0.25) is 0 Å². The van der Waals surface area contributed by atoms with Gasteiger partial charge in [-0.25, -0.2) is 0 Å². The van der Waals surface area contributed by atoms with Gasteiger partial charge in [-0.3, -0.25) is 9.59 Å². The first kappa shape index (κ1) is 15.0. The van der Waals surface area contributed by atoms with Crippen LogP contribution >= 0.6 is 0 Å². The van der Waals surface area contributed by atoms with E-state index >= 15 is 0 Å². The van der Waals surface area contributed by atoms with Crippen molar-refractivity contribution in [2.75, 3.05) is 0 Å².